The van der Waals surface area contributed by atoms with Crippen LogP contribution in [0.4, 0.5) is 0 Å². The van der Waals surface area contributed by atoms with Gasteiger partial charge in [-0.25, -0.2) is 0 Å². The molecule has 0 spiro atoms. The Kier molecular flexibility index (Phi) is 7.48. The summed E-state index contributed by atoms with van der Waals surface area (Å²) >= 11 is 0. The van der Waals surface area contributed by atoms with Gasteiger partial charge in [-0.15, -0.1) is 12.4 Å². The van der Waals surface area contributed by atoms with Gasteiger partial charge in [-0.1, -0.05) is 49.6 Å². The summed E-state index contributed by atoms with van der Waals surface area (Å²) in [6, 6.07) is 11.2. The third kappa shape index (κ3) is 5.16. The summed E-state index contributed by atoms with van der Waals surface area (Å²) in [6.45, 7) is 1.20. The molecular weight excluding hydrogens is 254 g/mol. The highest BCUT2D eigenvalue weighted by molar-refractivity contribution is 5.85. The third-order valence-electron chi connectivity index (χ3n) is 4.33. The van der Waals surface area contributed by atoms with Crippen LogP contribution < -0.4 is 0 Å². The van der Waals surface area contributed by atoms with Crippen LogP contribution in [0.5, 0.6) is 0 Å². The van der Waals surface area contributed by atoms with E-state index < -0.39 is 0 Å². The molecule has 1 atom stereocenters. The molecule has 1 aromatic carbocycles. The first-order valence-electron chi connectivity index (χ1n) is 7.47. The van der Waals surface area contributed by atoms with Gasteiger partial charge < -0.3 is 4.90 Å². The SMILES string of the molecule is CN(C)CCC(c1ccccc1)C1CCCCC1.Cl. The summed E-state index contributed by atoms with van der Waals surface area (Å²) in [5.74, 6) is 1.69. The molecule has 1 aliphatic rings. The molecule has 1 unspecified atom stereocenters. The van der Waals surface area contributed by atoms with E-state index in [1.54, 1.807) is 5.56 Å². The number of halogens is 1. The molecule has 2 rings (SSSR count). The zero-order chi connectivity index (χ0) is 12.8. The Balaban J connectivity index is 0.00000180. The molecule has 0 heterocycles. The van der Waals surface area contributed by atoms with E-state index in [0.717, 1.165) is 11.8 Å². The van der Waals surface area contributed by atoms with Crippen LogP contribution in [0.3, 0.4) is 0 Å². The van der Waals surface area contributed by atoms with Gasteiger partial charge in [0.05, 0.1) is 0 Å². The fourth-order valence-corrected chi connectivity index (χ4v) is 3.31. The maximum atomic E-state index is 2.33. The zero-order valence-electron chi connectivity index (χ0n) is 12.3. The molecule has 1 aromatic rings. The lowest BCUT2D eigenvalue weighted by molar-refractivity contribution is 0.271. The van der Waals surface area contributed by atoms with Gasteiger partial charge in [-0.2, -0.15) is 0 Å². The van der Waals surface area contributed by atoms with Crippen molar-refractivity contribution in [1.29, 1.82) is 0 Å². The number of hydrogen-bond acceptors (Lipinski definition) is 1. The van der Waals surface area contributed by atoms with E-state index in [-0.39, 0.29) is 12.4 Å². The third-order valence-corrected chi connectivity index (χ3v) is 4.33. The van der Waals surface area contributed by atoms with Crippen molar-refractivity contribution >= 4 is 12.4 Å². The minimum Gasteiger partial charge on any atom is -0.309 e. The first-order chi connectivity index (χ1) is 8.77. The molecule has 108 valence electrons. The molecule has 0 amide bonds. The lowest BCUT2D eigenvalue weighted by Gasteiger charge is -2.31. The van der Waals surface area contributed by atoms with Crippen molar-refractivity contribution in [1.82, 2.24) is 4.90 Å². The molecule has 0 aromatic heterocycles. The number of nitrogens with zero attached hydrogens (tertiary/aromatic N) is 1. The maximum absolute atomic E-state index is 2.33. The predicted molar refractivity (Wildman–Crippen MR) is 86.2 cm³/mol. The van der Waals surface area contributed by atoms with Crippen LogP contribution in [0.2, 0.25) is 0 Å². The molecule has 1 fully saturated rings. The van der Waals surface area contributed by atoms with Crippen molar-refractivity contribution in [3.8, 4) is 0 Å². The standard InChI is InChI=1S/C17H27N.ClH/c1-18(2)14-13-17(15-9-5-3-6-10-15)16-11-7-4-8-12-16;/h3,5-6,9-10,16-17H,4,7-8,11-14H2,1-2H3;1H. The molecular formula is C17H28ClN. The van der Waals surface area contributed by atoms with Gasteiger partial charge in [0.25, 0.3) is 0 Å². The average Bonchev–Trinajstić information content (AvgIpc) is 2.41. The summed E-state index contributed by atoms with van der Waals surface area (Å²) in [5.41, 5.74) is 1.56. The smallest absolute Gasteiger partial charge is 0.00189 e. The summed E-state index contributed by atoms with van der Waals surface area (Å²) in [5, 5.41) is 0. The average molecular weight is 282 g/mol. The van der Waals surface area contributed by atoms with E-state index in [0.29, 0.717) is 0 Å². The topological polar surface area (TPSA) is 3.24 Å². The second kappa shape index (κ2) is 8.60. The van der Waals surface area contributed by atoms with Crippen molar-refractivity contribution in [3.63, 3.8) is 0 Å². The molecule has 1 saturated carbocycles. The number of rotatable bonds is 5. The fraction of sp³-hybridized carbons (Fsp3) is 0.647. The number of benzene rings is 1. The van der Waals surface area contributed by atoms with E-state index >= 15 is 0 Å². The molecule has 0 saturated heterocycles. The highest BCUT2D eigenvalue weighted by Crippen LogP contribution is 2.38. The Morgan fingerprint density at radius 3 is 2.26 bits per heavy atom. The van der Waals surface area contributed by atoms with Gasteiger partial charge in [0.2, 0.25) is 0 Å². The van der Waals surface area contributed by atoms with Crippen molar-refractivity contribution in [2.24, 2.45) is 5.92 Å². The van der Waals surface area contributed by atoms with Gasteiger partial charge in [-0.05, 0) is 57.3 Å². The Labute approximate surface area is 124 Å². The van der Waals surface area contributed by atoms with E-state index in [1.807, 2.05) is 0 Å². The Bertz CT molecular complexity index is 330. The molecule has 1 nitrogen and oxygen atoms in total. The highest BCUT2D eigenvalue weighted by atomic mass is 35.5. The lowest BCUT2D eigenvalue weighted by Crippen LogP contribution is -2.22. The second-order valence-corrected chi connectivity index (χ2v) is 6.01. The van der Waals surface area contributed by atoms with Gasteiger partial charge >= 0.3 is 0 Å². The van der Waals surface area contributed by atoms with Gasteiger partial charge in [0.1, 0.15) is 0 Å². The van der Waals surface area contributed by atoms with Crippen molar-refractivity contribution in [2.75, 3.05) is 20.6 Å². The molecule has 0 aliphatic heterocycles. The highest BCUT2D eigenvalue weighted by Gasteiger charge is 2.24. The summed E-state index contributed by atoms with van der Waals surface area (Å²) < 4.78 is 0. The predicted octanol–water partition coefficient (Wildman–Crippen LogP) is 4.72. The van der Waals surface area contributed by atoms with Crippen molar-refractivity contribution < 1.29 is 0 Å². The van der Waals surface area contributed by atoms with Crippen LogP contribution in [0.1, 0.15) is 50.0 Å². The summed E-state index contributed by atoms with van der Waals surface area (Å²) in [6.07, 6.45) is 8.51. The van der Waals surface area contributed by atoms with Crippen LogP contribution >= 0.6 is 12.4 Å². The molecule has 1 aliphatic carbocycles. The van der Waals surface area contributed by atoms with E-state index in [2.05, 4.69) is 49.3 Å². The fourth-order valence-electron chi connectivity index (χ4n) is 3.31. The Morgan fingerprint density at radius 1 is 1.05 bits per heavy atom. The second-order valence-electron chi connectivity index (χ2n) is 6.01. The van der Waals surface area contributed by atoms with Gasteiger partial charge in [0.15, 0.2) is 0 Å². The quantitative estimate of drug-likeness (QED) is 0.755. The first kappa shape index (κ1) is 16.5. The van der Waals surface area contributed by atoms with Gasteiger partial charge in [0, 0.05) is 0 Å². The van der Waals surface area contributed by atoms with Crippen LogP contribution in [0.15, 0.2) is 30.3 Å². The molecule has 19 heavy (non-hydrogen) atoms. The minimum absolute atomic E-state index is 0. The minimum atomic E-state index is 0. The summed E-state index contributed by atoms with van der Waals surface area (Å²) in [4.78, 5) is 2.32. The zero-order valence-corrected chi connectivity index (χ0v) is 13.2. The maximum Gasteiger partial charge on any atom is -0.00189 e. The molecule has 0 radical (unpaired) electrons. The Hall–Kier alpha value is -0.530. The normalized spacial score (nSPS) is 18.1. The van der Waals surface area contributed by atoms with Crippen LogP contribution in [-0.2, 0) is 0 Å². The van der Waals surface area contributed by atoms with Crippen molar-refractivity contribution in [2.45, 2.75) is 44.4 Å². The number of hydrogen-bond donors (Lipinski definition) is 0. The molecule has 2 heteroatoms. The van der Waals surface area contributed by atoms with E-state index in [9.17, 15) is 0 Å². The summed E-state index contributed by atoms with van der Waals surface area (Å²) in [7, 11) is 4.37. The largest absolute Gasteiger partial charge is 0.309 e. The van der Waals surface area contributed by atoms with Crippen LogP contribution in [0, 0.1) is 5.92 Å². The van der Waals surface area contributed by atoms with Crippen LogP contribution in [-0.4, -0.2) is 25.5 Å². The van der Waals surface area contributed by atoms with Gasteiger partial charge in [-0.3, -0.25) is 0 Å². The lowest BCUT2D eigenvalue weighted by atomic mass is 9.75. The first-order valence-corrected chi connectivity index (χ1v) is 7.47. The van der Waals surface area contributed by atoms with Crippen LogP contribution in [0.25, 0.3) is 0 Å². The van der Waals surface area contributed by atoms with Crippen molar-refractivity contribution in [3.05, 3.63) is 35.9 Å². The monoisotopic (exact) mass is 281 g/mol. The molecule has 0 bridgehead atoms. The van der Waals surface area contributed by atoms with E-state index in [1.165, 1.54) is 45.1 Å². The van der Waals surface area contributed by atoms with E-state index in [4.69, 9.17) is 0 Å². The molecule has 0 N–H and O–H groups in total. The Morgan fingerprint density at radius 2 is 1.68 bits per heavy atom.